The Morgan fingerprint density at radius 2 is 1.50 bits per heavy atom. The molecule has 1 heterocycles. The zero-order valence-electron chi connectivity index (χ0n) is 18.8. The molecule has 0 aliphatic carbocycles. The van der Waals surface area contributed by atoms with Crippen LogP contribution in [0.2, 0.25) is 0 Å². The second kappa shape index (κ2) is 10.9. The number of nitrogens with one attached hydrogen (secondary N) is 1. The van der Waals surface area contributed by atoms with Crippen molar-refractivity contribution in [2.75, 3.05) is 13.1 Å². The Bertz CT molecular complexity index is 1020. The number of carbonyl (C=O) groups excluding carboxylic acids is 2. The molecule has 1 aliphatic rings. The average molecular weight is 457 g/mol. The fourth-order valence-corrected chi connectivity index (χ4v) is 5.33. The van der Waals surface area contributed by atoms with Gasteiger partial charge < -0.3 is 5.32 Å². The lowest BCUT2D eigenvalue weighted by atomic mass is 9.99. The first-order valence-electron chi connectivity index (χ1n) is 11.2. The van der Waals surface area contributed by atoms with E-state index in [0.29, 0.717) is 31.1 Å². The van der Waals surface area contributed by atoms with Crippen LogP contribution in [0.5, 0.6) is 0 Å². The number of rotatable bonds is 10. The molecule has 1 N–H and O–H groups in total. The highest BCUT2D eigenvalue weighted by molar-refractivity contribution is 7.89. The molecule has 2 aromatic carbocycles. The van der Waals surface area contributed by atoms with E-state index in [0.717, 1.165) is 24.8 Å². The molecule has 1 aliphatic heterocycles. The summed E-state index contributed by atoms with van der Waals surface area (Å²) in [6, 6.07) is 14.2. The monoisotopic (exact) mass is 456 g/mol. The van der Waals surface area contributed by atoms with Gasteiger partial charge in [0.1, 0.15) is 0 Å². The van der Waals surface area contributed by atoms with Crippen LogP contribution in [0.3, 0.4) is 0 Å². The van der Waals surface area contributed by atoms with E-state index in [9.17, 15) is 18.0 Å². The number of sulfonamides is 1. The molecule has 0 unspecified atom stereocenters. The van der Waals surface area contributed by atoms with Gasteiger partial charge in [-0.05, 0) is 48.4 Å². The molecule has 172 valence electrons. The molecule has 0 aromatic heterocycles. The standard InChI is InChI=1S/C25H32N2O4S/c1-19(2)17-20-5-9-22(10-6-20)24(28)13-14-25(29)26-18-21-7-11-23(12-8-21)32(30,31)27-15-3-4-16-27/h5-12,19H,3-4,13-18H2,1-2H3,(H,26,29). The van der Waals surface area contributed by atoms with Crippen molar-refractivity contribution in [2.24, 2.45) is 5.92 Å². The third-order valence-corrected chi connectivity index (χ3v) is 7.53. The summed E-state index contributed by atoms with van der Waals surface area (Å²) in [5, 5.41) is 2.80. The van der Waals surface area contributed by atoms with E-state index in [4.69, 9.17) is 0 Å². The molecule has 7 heteroatoms. The van der Waals surface area contributed by atoms with Crippen LogP contribution in [0.4, 0.5) is 0 Å². The Labute approximate surface area is 191 Å². The summed E-state index contributed by atoms with van der Waals surface area (Å²) in [6.07, 6.45) is 3.04. The lowest BCUT2D eigenvalue weighted by Gasteiger charge is -2.15. The fourth-order valence-electron chi connectivity index (χ4n) is 3.82. The predicted molar refractivity (Wildman–Crippen MR) is 125 cm³/mol. The zero-order valence-corrected chi connectivity index (χ0v) is 19.7. The van der Waals surface area contributed by atoms with Crippen molar-refractivity contribution in [1.29, 1.82) is 0 Å². The highest BCUT2D eigenvalue weighted by Gasteiger charge is 2.26. The van der Waals surface area contributed by atoms with E-state index >= 15 is 0 Å². The van der Waals surface area contributed by atoms with Gasteiger partial charge >= 0.3 is 0 Å². The highest BCUT2D eigenvalue weighted by Crippen LogP contribution is 2.21. The molecule has 0 atom stereocenters. The van der Waals surface area contributed by atoms with Gasteiger partial charge in [0, 0.05) is 38.0 Å². The summed E-state index contributed by atoms with van der Waals surface area (Å²) in [7, 11) is -3.43. The summed E-state index contributed by atoms with van der Waals surface area (Å²) in [5.41, 5.74) is 2.64. The number of nitrogens with zero attached hydrogens (tertiary/aromatic N) is 1. The number of Topliss-reactive ketones (excluding diaryl/α,β-unsaturated/α-hetero) is 1. The first-order valence-corrected chi connectivity index (χ1v) is 12.7. The van der Waals surface area contributed by atoms with Crippen molar-refractivity contribution < 1.29 is 18.0 Å². The second-order valence-corrected chi connectivity index (χ2v) is 10.7. The molecule has 3 rings (SSSR count). The minimum absolute atomic E-state index is 0.0484. The minimum Gasteiger partial charge on any atom is -0.352 e. The molecule has 0 saturated carbocycles. The van der Waals surface area contributed by atoms with E-state index in [2.05, 4.69) is 19.2 Å². The Balaban J connectivity index is 1.45. The van der Waals surface area contributed by atoms with Crippen LogP contribution >= 0.6 is 0 Å². The lowest BCUT2D eigenvalue weighted by Crippen LogP contribution is -2.28. The molecular formula is C25H32N2O4S. The summed E-state index contributed by atoms with van der Waals surface area (Å²) < 4.78 is 26.6. The van der Waals surface area contributed by atoms with Crippen molar-refractivity contribution in [3.8, 4) is 0 Å². The van der Waals surface area contributed by atoms with Crippen molar-refractivity contribution in [2.45, 2.75) is 57.4 Å². The van der Waals surface area contributed by atoms with Gasteiger partial charge in [0.25, 0.3) is 0 Å². The quantitative estimate of drug-likeness (QED) is 0.549. The number of hydrogen-bond acceptors (Lipinski definition) is 4. The molecule has 2 aromatic rings. The van der Waals surface area contributed by atoms with Crippen LogP contribution in [0.25, 0.3) is 0 Å². The molecule has 32 heavy (non-hydrogen) atoms. The molecular weight excluding hydrogens is 424 g/mol. The van der Waals surface area contributed by atoms with Crippen molar-refractivity contribution in [1.82, 2.24) is 9.62 Å². The van der Waals surface area contributed by atoms with Crippen LogP contribution in [0, 0.1) is 5.92 Å². The van der Waals surface area contributed by atoms with Gasteiger partial charge in [-0.1, -0.05) is 50.2 Å². The first kappa shape index (κ1) is 24.1. The maximum absolute atomic E-state index is 12.6. The normalized spacial score (nSPS) is 14.6. The predicted octanol–water partition coefficient (Wildman–Crippen LogP) is 3.95. The van der Waals surface area contributed by atoms with Gasteiger partial charge in [-0.2, -0.15) is 4.31 Å². The lowest BCUT2D eigenvalue weighted by molar-refractivity contribution is -0.121. The van der Waals surface area contributed by atoms with Crippen LogP contribution < -0.4 is 5.32 Å². The Morgan fingerprint density at radius 3 is 2.09 bits per heavy atom. The van der Waals surface area contributed by atoms with E-state index in [-0.39, 0.29) is 29.4 Å². The fraction of sp³-hybridized carbons (Fsp3) is 0.440. The van der Waals surface area contributed by atoms with Crippen LogP contribution in [-0.2, 0) is 27.8 Å². The number of ketones is 1. The molecule has 1 amide bonds. The molecule has 0 bridgehead atoms. The van der Waals surface area contributed by atoms with Crippen LogP contribution in [0.1, 0.15) is 61.0 Å². The third-order valence-electron chi connectivity index (χ3n) is 5.61. The maximum Gasteiger partial charge on any atom is 0.243 e. The average Bonchev–Trinajstić information content (AvgIpc) is 3.32. The largest absolute Gasteiger partial charge is 0.352 e. The van der Waals surface area contributed by atoms with Gasteiger partial charge in [0.2, 0.25) is 15.9 Å². The molecule has 0 radical (unpaired) electrons. The number of hydrogen-bond donors (Lipinski definition) is 1. The molecule has 0 spiro atoms. The van der Waals surface area contributed by atoms with Crippen LogP contribution in [-0.4, -0.2) is 37.5 Å². The Kier molecular flexibility index (Phi) is 8.21. The Hall–Kier alpha value is -2.51. The number of carbonyl (C=O) groups is 2. The smallest absolute Gasteiger partial charge is 0.243 e. The van der Waals surface area contributed by atoms with Gasteiger partial charge in [0.15, 0.2) is 5.78 Å². The zero-order chi connectivity index (χ0) is 23.1. The highest BCUT2D eigenvalue weighted by atomic mass is 32.2. The van der Waals surface area contributed by atoms with Gasteiger partial charge in [0.05, 0.1) is 4.90 Å². The Morgan fingerprint density at radius 1 is 0.906 bits per heavy atom. The van der Waals surface area contributed by atoms with E-state index in [1.807, 2.05) is 24.3 Å². The molecule has 1 saturated heterocycles. The molecule has 1 fully saturated rings. The van der Waals surface area contributed by atoms with E-state index in [1.54, 1.807) is 24.3 Å². The maximum atomic E-state index is 12.6. The van der Waals surface area contributed by atoms with Gasteiger partial charge in [-0.25, -0.2) is 8.42 Å². The van der Waals surface area contributed by atoms with Crippen molar-refractivity contribution >= 4 is 21.7 Å². The summed E-state index contributed by atoms with van der Waals surface area (Å²) in [4.78, 5) is 24.8. The first-order chi connectivity index (χ1) is 15.3. The summed E-state index contributed by atoms with van der Waals surface area (Å²) in [5.74, 6) is 0.308. The number of benzene rings is 2. The van der Waals surface area contributed by atoms with Crippen LogP contribution in [0.15, 0.2) is 53.4 Å². The van der Waals surface area contributed by atoms with E-state index < -0.39 is 10.0 Å². The molecule has 6 nitrogen and oxygen atoms in total. The second-order valence-electron chi connectivity index (χ2n) is 8.75. The topological polar surface area (TPSA) is 83.5 Å². The third kappa shape index (κ3) is 6.50. The van der Waals surface area contributed by atoms with Gasteiger partial charge in [-0.3, -0.25) is 9.59 Å². The SMILES string of the molecule is CC(C)Cc1ccc(C(=O)CCC(=O)NCc2ccc(S(=O)(=O)N3CCCC3)cc2)cc1. The van der Waals surface area contributed by atoms with E-state index in [1.165, 1.54) is 9.87 Å². The summed E-state index contributed by atoms with van der Waals surface area (Å²) >= 11 is 0. The number of amides is 1. The summed E-state index contributed by atoms with van der Waals surface area (Å²) in [6.45, 7) is 5.74. The van der Waals surface area contributed by atoms with Crippen molar-refractivity contribution in [3.63, 3.8) is 0 Å². The minimum atomic E-state index is -3.43. The van der Waals surface area contributed by atoms with Crippen molar-refractivity contribution in [3.05, 3.63) is 65.2 Å². The van der Waals surface area contributed by atoms with Gasteiger partial charge in [-0.15, -0.1) is 0 Å².